The van der Waals surface area contributed by atoms with E-state index in [1.54, 1.807) is 0 Å². The Bertz CT molecular complexity index is 209. The van der Waals surface area contributed by atoms with Gasteiger partial charge in [-0.15, -0.1) is 5.48 Å². The van der Waals surface area contributed by atoms with Gasteiger partial charge in [-0.25, -0.2) is 0 Å². The third-order valence-corrected chi connectivity index (χ3v) is 1.62. The van der Waals surface area contributed by atoms with E-state index in [0.717, 1.165) is 18.7 Å². The molecular formula is C8H8NO. The quantitative estimate of drug-likeness (QED) is 0.526. The van der Waals surface area contributed by atoms with Gasteiger partial charge in [0, 0.05) is 6.42 Å². The zero-order valence-electron chi connectivity index (χ0n) is 5.58. The molecule has 1 radical (unpaired) electrons. The average Bonchev–Trinajstić information content (AvgIpc) is 2.05. The molecule has 0 saturated heterocycles. The first kappa shape index (κ1) is 5.74. The molecule has 2 nitrogen and oxygen atoms in total. The average molecular weight is 134 g/mol. The number of benzene rings is 1. The van der Waals surface area contributed by atoms with Crippen LogP contribution in [0.15, 0.2) is 24.3 Å². The van der Waals surface area contributed by atoms with Crippen LogP contribution in [0.3, 0.4) is 0 Å². The van der Waals surface area contributed by atoms with Crippen LogP contribution in [0.1, 0.15) is 5.56 Å². The number of hydrogen-bond acceptors (Lipinski definition) is 1. The summed E-state index contributed by atoms with van der Waals surface area (Å²) in [5.41, 5.74) is 6.16. The summed E-state index contributed by atoms with van der Waals surface area (Å²) in [5.74, 6) is 0. The molecule has 2 heteroatoms. The lowest BCUT2D eigenvalue weighted by Crippen LogP contribution is -2.12. The molecule has 0 fully saturated rings. The third kappa shape index (κ3) is 0.866. The fourth-order valence-corrected chi connectivity index (χ4v) is 1.08. The van der Waals surface area contributed by atoms with E-state index < -0.39 is 0 Å². The van der Waals surface area contributed by atoms with Crippen LogP contribution in [-0.4, -0.2) is 6.61 Å². The van der Waals surface area contributed by atoms with Gasteiger partial charge in [-0.05, 0) is 11.6 Å². The predicted octanol–water partition coefficient (Wildman–Crippen LogP) is 1.41. The number of rotatable bonds is 0. The van der Waals surface area contributed by atoms with E-state index in [1.165, 1.54) is 5.56 Å². The molecule has 1 heterocycles. The molecule has 51 valence electrons. The summed E-state index contributed by atoms with van der Waals surface area (Å²) >= 11 is 0. The Morgan fingerprint density at radius 2 is 2.20 bits per heavy atom. The molecule has 2 rings (SSSR count). The monoisotopic (exact) mass is 134 g/mol. The van der Waals surface area contributed by atoms with Crippen molar-refractivity contribution in [2.24, 2.45) is 0 Å². The van der Waals surface area contributed by atoms with Crippen molar-refractivity contribution >= 4 is 5.69 Å². The molecule has 0 amide bonds. The first-order valence-electron chi connectivity index (χ1n) is 3.38. The minimum atomic E-state index is 0.719. The molecule has 1 aromatic rings. The maximum Gasteiger partial charge on any atom is 0.0938 e. The SMILES string of the molecule is c1ccc2c(c1)CCO[N]2. The van der Waals surface area contributed by atoms with E-state index in [4.69, 9.17) is 4.84 Å². The standard InChI is InChI=1S/C8H8NO/c1-2-4-8-7(3-1)5-6-10-9-8/h1-4H,5-6H2. The van der Waals surface area contributed by atoms with Gasteiger partial charge in [0.25, 0.3) is 0 Å². The van der Waals surface area contributed by atoms with Gasteiger partial charge in [0.2, 0.25) is 0 Å². The molecule has 0 aromatic heterocycles. The van der Waals surface area contributed by atoms with Crippen LogP contribution in [0.5, 0.6) is 0 Å². The lowest BCUT2D eigenvalue weighted by molar-refractivity contribution is 0.0599. The minimum absolute atomic E-state index is 0.719. The molecule has 0 saturated carbocycles. The van der Waals surface area contributed by atoms with Crippen molar-refractivity contribution in [2.45, 2.75) is 6.42 Å². The van der Waals surface area contributed by atoms with Crippen molar-refractivity contribution < 1.29 is 4.84 Å². The summed E-state index contributed by atoms with van der Waals surface area (Å²) in [6.07, 6.45) is 0.986. The fraction of sp³-hybridized carbons (Fsp3) is 0.250. The highest BCUT2D eigenvalue weighted by Gasteiger charge is 2.07. The molecular weight excluding hydrogens is 126 g/mol. The van der Waals surface area contributed by atoms with Crippen molar-refractivity contribution in [2.75, 3.05) is 6.61 Å². The fourth-order valence-electron chi connectivity index (χ4n) is 1.08. The minimum Gasteiger partial charge on any atom is -0.251 e. The first-order valence-corrected chi connectivity index (χ1v) is 3.38. The summed E-state index contributed by atoms with van der Waals surface area (Å²) in [6.45, 7) is 0.719. The van der Waals surface area contributed by atoms with Gasteiger partial charge in [0.15, 0.2) is 0 Å². The summed E-state index contributed by atoms with van der Waals surface area (Å²) in [5, 5.41) is 0. The van der Waals surface area contributed by atoms with E-state index in [-0.39, 0.29) is 0 Å². The van der Waals surface area contributed by atoms with Crippen molar-refractivity contribution in [3.63, 3.8) is 0 Å². The molecule has 0 atom stereocenters. The predicted molar refractivity (Wildman–Crippen MR) is 37.9 cm³/mol. The van der Waals surface area contributed by atoms with Gasteiger partial charge in [0.05, 0.1) is 12.3 Å². The first-order chi connectivity index (χ1) is 4.97. The Hall–Kier alpha value is -1.02. The van der Waals surface area contributed by atoms with Crippen LogP contribution in [0.2, 0.25) is 0 Å². The third-order valence-electron chi connectivity index (χ3n) is 1.62. The van der Waals surface area contributed by atoms with Crippen LogP contribution < -0.4 is 5.48 Å². The highest BCUT2D eigenvalue weighted by molar-refractivity contribution is 5.44. The Labute approximate surface area is 59.8 Å². The molecule has 0 aliphatic carbocycles. The maximum atomic E-state index is 4.92. The highest BCUT2D eigenvalue weighted by atomic mass is 16.6. The van der Waals surface area contributed by atoms with Crippen LogP contribution in [-0.2, 0) is 11.3 Å². The maximum absolute atomic E-state index is 4.92. The Balaban J connectivity index is 2.41. The molecule has 0 bridgehead atoms. The Kier molecular flexibility index (Phi) is 1.32. The van der Waals surface area contributed by atoms with Gasteiger partial charge in [-0.2, -0.15) is 0 Å². The zero-order chi connectivity index (χ0) is 6.81. The lowest BCUT2D eigenvalue weighted by Gasteiger charge is -2.13. The second kappa shape index (κ2) is 2.31. The van der Waals surface area contributed by atoms with Gasteiger partial charge < -0.3 is 0 Å². The molecule has 0 unspecified atom stereocenters. The second-order valence-electron chi connectivity index (χ2n) is 2.30. The van der Waals surface area contributed by atoms with Crippen LogP contribution in [0.4, 0.5) is 5.69 Å². The van der Waals surface area contributed by atoms with Gasteiger partial charge >= 0.3 is 0 Å². The molecule has 1 aliphatic heterocycles. The molecule has 1 aliphatic rings. The van der Waals surface area contributed by atoms with Crippen molar-refractivity contribution in [1.82, 2.24) is 5.48 Å². The lowest BCUT2D eigenvalue weighted by atomic mass is 10.1. The van der Waals surface area contributed by atoms with E-state index >= 15 is 0 Å². The summed E-state index contributed by atoms with van der Waals surface area (Å²) in [7, 11) is 0. The smallest absolute Gasteiger partial charge is 0.0938 e. The van der Waals surface area contributed by atoms with E-state index in [0.29, 0.717) is 0 Å². The highest BCUT2D eigenvalue weighted by Crippen LogP contribution is 2.18. The van der Waals surface area contributed by atoms with Crippen molar-refractivity contribution in [1.29, 1.82) is 0 Å². The van der Waals surface area contributed by atoms with Crippen LogP contribution in [0, 0.1) is 0 Å². The zero-order valence-corrected chi connectivity index (χ0v) is 5.58. The van der Waals surface area contributed by atoms with Gasteiger partial charge in [-0.1, -0.05) is 18.2 Å². The number of fused-ring (bicyclic) bond motifs is 1. The topological polar surface area (TPSA) is 23.3 Å². The summed E-state index contributed by atoms with van der Waals surface area (Å²) in [6, 6.07) is 8.05. The molecule has 10 heavy (non-hydrogen) atoms. The summed E-state index contributed by atoms with van der Waals surface area (Å²) in [4.78, 5) is 4.92. The molecule has 1 aromatic carbocycles. The Morgan fingerprint density at radius 1 is 1.30 bits per heavy atom. The molecule has 0 spiro atoms. The van der Waals surface area contributed by atoms with Crippen LogP contribution in [0.25, 0.3) is 0 Å². The van der Waals surface area contributed by atoms with Crippen molar-refractivity contribution in [3.8, 4) is 0 Å². The molecule has 0 N–H and O–H groups in total. The van der Waals surface area contributed by atoms with E-state index in [1.807, 2.05) is 18.2 Å². The van der Waals surface area contributed by atoms with Crippen LogP contribution >= 0.6 is 0 Å². The largest absolute Gasteiger partial charge is 0.251 e. The van der Waals surface area contributed by atoms with E-state index in [2.05, 4.69) is 11.5 Å². The Morgan fingerprint density at radius 3 is 3.10 bits per heavy atom. The van der Waals surface area contributed by atoms with Gasteiger partial charge in [0.1, 0.15) is 0 Å². The van der Waals surface area contributed by atoms with Crippen molar-refractivity contribution in [3.05, 3.63) is 29.8 Å². The van der Waals surface area contributed by atoms with Gasteiger partial charge in [-0.3, -0.25) is 4.84 Å². The number of hydrogen-bond donors (Lipinski definition) is 0. The normalized spacial score (nSPS) is 15.6. The number of nitrogens with zero attached hydrogens (tertiary/aromatic N) is 1. The second-order valence-corrected chi connectivity index (χ2v) is 2.30. The van der Waals surface area contributed by atoms with E-state index in [9.17, 15) is 0 Å². The summed E-state index contributed by atoms with van der Waals surface area (Å²) < 4.78 is 0.